The molecule has 0 radical (unpaired) electrons. The highest BCUT2D eigenvalue weighted by Gasteiger charge is 2.45. The molecule has 2 fully saturated rings. The molecule has 3 aliphatic rings. The second-order valence-electron chi connectivity index (χ2n) is 16.8. The third-order valence-corrected chi connectivity index (χ3v) is 12.4. The van der Waals surface area contributed by atoms with Crippen LogP contribution in [0.4, 0.5) is 18.4 Å². The van der Waals surface area contributed by atoms with E-state index in [2.05, 4.69) is 47.3 Å². The molecule has 2 aromatic heterocycles. The lowest BCUT2D eigenvalue weighted by Gasteiger charge is -2.25. The minimum atomic E-state index is -3.27. The molecular formula is C45H50F2N8O7. The van der Waals surface area contributed by atoms with Crippen LogP contribution in [0.15, 0.2) is 60.8 Å². The van der Waals surface area contributed by atoms with E-state index in [1.807, 2.05) is 24.3 Å². The molecule has 3 atom stereocenters. The van der Waals surface area contributed by atoms with Crippen LogP contribution < -0.4 is 16.0 Å². The van der Waals surface area contributed by atoms with E-state index in [0.29, 0.717) is 46.7 Å². The standard InChI is InChI=1S/C45H50F2N8O7/c1-44(13-14-44)24-55(41(57)22-50-43(59)62-4)23-39-48-20-36(54-39)27-7-11-31-30-10-6-25(16-32(30)45(46,47)33(31)17-27)26-8-12-34-35(18-26)53-38(52-34)19-37(60-2)28-5-9-29(15-28)51-40(56)21-49-42(58)61-3/h6-8,10-12,16-18,20,28-29,37H,5,9,13-15,19,21-24H2,1-4H3,(H,48,54)(H,49,58)(H,50,59)(H,51,56)(H,52,53)/t28-,29+,37?/m0/s1. The van der Waals surface area contributed by atoms with Gasteiger partial charge in [0.05, 0.1) is 49.8 Å². The van der Waals surface area contributed by atoms with Gasteiger partial charge in [0, 0.05) is 42.8 Å². The summed E-state index contributed by atoms with van der Waals surface area (Å²) < 4.78 is 47.9. The van der Waals surface area contributed by atoms with Crippen molar-refractivity contribution in [1.29, 1.82) is 0 Å². The van der Waals surface area contributed by atoms with Crippen LogP contribution in [0.5, 0.6) is 0 Å². The van der Waals surface area contributed by atoms with E-state index in [1.165, 1.54) is 20.3 Å². The molecule has 3 aliphatic carbocycles. The number of aromatic nitrogens is 4. The Morgan fingerprint density at radius 3 is 2.21 bits per heavy atom. The molecular weight excluding hydrogens is 803 g/mol. The number of alkyl halides is 2. The maximum atomic E-state index is 16.4. The van der Waals surface area contributed by atoms with Crippen molar-refractivity contribution in [3.05, 3.63) is 83.6 Å². The minimum absolute atomic E-state index is 0.000125. The number of halogens is 2. The summed E-state index contributed by atoms with van der Waals surface area (Å²) in [6.45, 7) is 2.38. The SMILES string of the molecule is COC(=O)NCC(=O)N[C@@H]1CC[C@H](C(Cc2nc3ccc(-c4ccc5c(c4)C(F)(F)c4cc(-c6cnc(CN(CC7(C)CC7)C(=O)CNC(=O)OC)[nH]6)ccc4-5)cc3[nH]2)OC)C1. The van der Waals surface area contributed by atoms with E-state index >= 15 is 8.78 Å². The summed E-state index contributed by atoms with van der Waals surface area (Å²) in [7, 11) is 4.14. The Kier molecular flexibility index (Phi) is 11.7. The quantitative estimate of drug-likeness (QED) is 0.0791. The second-order valence-corrected chi connectivity index (χ2v) is 16.8. The van der Waals surface area contributed by atoms with Gasteiger partial charge in [-0.3, -0.25) is 9.59 Å². The average Bonchev–Trinajstić information content (AvgIpc) is 3.68. The number of hydrogen-bond donors (Lipinski definition) is 5. The first kappa shape index (κ1) is 42.3. The number of nitrogens with one attached hydrogen (secondary N) is 5. The van der Waals surface area contributed by atoms with E-state index < -0.39 is 18.1 Å². The number of benzene rings is 3. The molecule has 0 bridgehead atoms. The number of alkyl carbamates (subject to hydrolysis) is 2. The Bertz CT molecular complexity index is 2520. The summed E-state index contributed by atoms with van der Waals surface area (Å²) >= 11 is 0. The van der Waals surface area contributed by atoms with Crippen LogP contribution in [0, 0.1) is 11.3 Å². The first-order valence-electron chi connectivity index (χ1n) is 20.7. The zero-order valence-electron chi connectivity index (χ0n) is 35.0. The van der Waals surface area contributed by atoms with Gasteiger partial charge in [0.25, 0.3) is 5.92 Å². The van der Waals surface area contributed by atoms with Gasteiger partial charge in [0.1, 0.15) is 24.7 Å². The van der Waals surface area contributed by atoms with Crippen LogP contribution in [0.1, 0.15) is 61.8 Å². The predicted octanol–water partition coefficient (Wildman–Crippen LogP) is 6.42. The van der Waals surface area contributed by atoms with Crippen molar-refractivity contribution in [2.24, 2.45) is 11.3 Å². The van der Waals surface area contributed by atoms with E-state index in [-0.39, 0.29) is 66.1 Å². The smallest absolute Gasteiger partial charge is 0.407 e. The van der Waals surface area contributed by atoms with Gasteiger partial charge in [0.2, 0.25) is 11.8 Å². The van der Waals surface area contributed by atoms with Gasteiger partial charge < -0.3 is 45.0 Å². The van der Waals surface area contributed by atoms with Gasteiger partial charge in [-0.05, 0) is 90.0 Å². The van der Waals surface area contributed by atoms with Crippen molar-refractivity contribution in [3.63, 3.8) is 0 Å². The summed E-state index contributed by atoms with van der Waals surface area (Å²) in [6, 6.07) is 15.8. The van der Waals surface area contributed by atoms with Crippen molar-refractivity contribution in [2.45, 2.75) is 70.1 Å². The van der Waals surface area contributed by atoms with Crippen molar-refractivity contribution in [3.8, 4) is 33.5 Å². The summed E-state index contributed by atoms with van der Waals surface area (Å²) in [5.41, 5.74) is 4.75. The Balaban J connectivity index is 0.937. The van der Waals surface area contributed by atoms with E-state index in [1.54, 1.807) is 42.5 Å². The lowest BCUT2D eigenvalue weighted by molar-refractivity contribution is -0.131. The molecule has 0 spiro atoms. The molecule has 5 N–H and O–H groups in total. The van der Waals surface area contributed by atoms with E-state index in [4.69, 9.17) is 9.72 Å². The summed E-state index contributed by atoms with van der Waals surface area (Å²) in [5, 5.41) is 7.80. The number of imidazole rings is 2. The normalized spacial score (nSPS) is 18.4. The fourth-order valence-corrected chi connectivity index (χ4v) is 8.70. The topological polar surface area (TPSA) is 193 Å². The number of methoxy groups -OCH3 is 3. The zero-order valence-corrected chi connectivity index (χ0v) is 35.0. The van der Waals surface area contributed by atoms with Gasteiger partial charge >= 0.3 is 12.2 Å². The second kappa shape index (κ2) is 17.2. The minimum Gasteiger partial charge on any atom is -0.453 e. The number of ether oxygens (including phenoxy) is 3. The molecule has 0 saturated heterocycles. The van der Waals surface area contributed by atoms with Crippen LogP contribution in [-0.2, 0) is 42.7 Å². The molecule has 4 amide bonds. The summed E-state index contributed by atoms with van der Waals surface area (Å²) in [6.07, 6.45) is 4.95. The van der Waals surface area contributed by atoms with Crippen LogP contribution >= 0.6 is 0 Å². The highest BCUT2D eigenvalue weighted by atomic mass is 19.3. The summed E-state index contributed by atoms with van der Waals surface area (Å²) in [5.74, 6) is -2.41. The number of amides is 4. The average molecular weight is 853 g/mol. The highest BCUT2D eigenvalue weighted by Crippen LogP contribution is 2.53. The van der Waals surface area contributed by atoms with E-state index in [9.17, 15) is 19.2 Å². The molecule has 326 valence electrons. The van der Waals surface area contributed by atoms with Crippen molar-refractivity contribution >= 4 is 35.0 Å². The highest BCUT2D eigenvalue weighted by molar-refractivity contribution is 5.87. The maximum Gasteiger partial charge on any atom is 0.407 e. The molecule has 0 aliphatic heterocycles. The van der Waals surface area contributed by atoms with Gasteiger partial charge in [0.15, 0.2) is 0 Å². The van der Waals surface area contributed by atoms with Crippen LogP contribution in [-0.4, -0.2) is 102 Å². The number of carbonyl (C=O) groups is 4. The van der Waals surface area contributed by atoms with Gasteiger partial charge in [-0.15, -0.1) is 0 Å². The van der Waals surface area contributed by atoms with Crippen LogP contribution in [0.25, 0.3) is 44.5 Å². The number of carbonyl (C=O) groups excluding carboxylic acids is 4. The number of aromatic amines is 2. The molecule has 17 heteroatoms. The third kappa shape index (κ3) is 8.98. The Labute approximate surface area is 356 Å². The zero-order chi connectivity index (χ0) is 43.8. The molecule has 8 rings (SSSR count). The molecule has 2 heterocycles. The van der Waals surface area contributed by atoms with Crippen LogP contribution in [0.2, 0.25) is 0 Å². The van der Waals surface area contributed by atoms with Gasteiger partial charge in [-0.25, -0.2) is 19.6 Å². The number of fused-ring (bicyclic) bond motifs is 4. The molecule has 15 nitrogen and oxygen atoms in total. The first-order chi connectivity index (χ1) is 29.7. The lowest BCUT2D eigenvalue weighted by Crippen LogP contribution is -2.42. The fourth-order valence-electron chi connectivity index (χ4n) is 8.70. The fraction of sp³-hybridized carbons (Fsp3) is 0.422. The lowest BCUT2D eigenvalue weighted by atomic mass is 9.97. The first-order valence-corrected chi connectivity index (χ1v) is 20.7. The van der Waals surface area contributed by atoms with Crippen molar-refractivity contribution < 1.29 is 42.2 Å². The number of rotatable bonds is 15. The number of hydrogen-bond acceptors (Lipinski definition) is 9. The maximum absolute atomic E-state index is 16.4. The molecule has 62 heavy (non-hydrogen) atoms. The third-order valence-electron chi connectivity index (χ3n) is 12.4. The molecule has 2 saturated carbocycles. The van der Waals surface area contributed by atoms with E-state index in [0.717, 1.165) is 54.5 Å². The molecule has 5 aromatic rings. The summed E-state index contributed by atoms with van der Waals surface area (Å²) in [4.78, 5) is 65.9. The van der Waals surface area contributed by atoms with Gasteiger partial charge in [-0.1, -0.05) is 37.3 Å². The number of H-pyrrole nitrogens is 2. The molecule has 1 unspecified atom stereocenters. The Morgan fingerprint density at radius 1 is 0.855 bits per heavy atom. The molecule has 3 aromatic carbocycles. The van der Waals surface area contributed by atoms with Crippen LogP contribution in [0.3, 0.4) is 0 Å². The monoisotopic (exact) mass is 852 g/mol. The Morgan fingerprint density at radius 2 is 1.52 bits per heavy atom. The van der Waals surface area contributed by atoms with Crippen molar-refractivity contribution in [2.75, 3.05) is 41.0 Å². The largest absolute Gasteiger partial charge is 0.453 e. The van der Waals surface area contributed by atoms with Gasteiger partial charge in [-0.2, -0.15) is 8.78 Å². The van der Waals surface area contributed by atoms with Crippen molar-refractivity contribution in [1.82, 2.24) is 40.8 Å². The predicted molar refractivity (Wildman–Crippen MR) is 225 cm³/mol. The number of nitrogens with zero attached hydrogens (tertiary/aromatic N) is 3. The Hall–Kier alpha value is -6.36.